The number of carboxylic acid groups (broad SMARTS) is 1. The van der Waals surface area contributed by atoms with E-state index >= 15 is 0 Å². The molecule has 218 valence electrons. The highest BCUT2D eigenvalue weighted by Crippen LogP contribution is 2.67. The van der Waals surface area contributed by atoms with Crippen molar-refractivity contribution in [3.8, 4) is 0 Å². The van der Waals surface area contributed by atoms with Gasteiger partial charge in [-0.1, -0.05) is 67.1 Å². The van der Waals surface area contributed by atoms with Crippen molar-refractivity contribution < 1.29 is 19.8 Å². The molecular weight excluding hydrogens is 540 g/mol. The third kappa shape index (κ3) is 5.16. The molecule has 2 aromatic carbocycles. The number of hydrogen-bond donors (Lipinski definition) is 2. The molecule has 5 atom stereocenters. The van der Waals surface area contributed by atoms with Crippen molar-refractivity contribution in [2.45, 2.75) is 70.3 Å². The maximum Gasteiger partial charge on any atom is 0.335 e. The second-order valence-corrected chi connectivity index (χ2v) is 13.7. The van der Waals surface area contributed by atoms with Crippen LogP contribution in [-0.4, -0.2) is 33.3 Å². The third-order valence-electron chi connectivity index (χ3n) is 10.6. The Morgan fingerprint density at radius 2 is 1.83 bits per heavy atom. The summed E-state index contributed by atoms with van der Waals surface area (Å²) in [6.45, 7) is 4.38. The van der Waals surface area contributed by atoms with Crippen molar-refractivity contribution in [1.29, 1.82) is 0 Å². The van der Waals surface area contributed by atoms with Crippen LogP contribution in [0.4, 0.5) is 0 Å². The fraction of sp³-hybridized carbons (Fsp3) is 0.405. The summed E-state index contributed by atoms with van der Waals surface area (Å²) in [6, 6.07) is 15.7. The summed E-state index contributed by atoms with van der Waals surface area (Å²) < 4.78 is 0. The molecule has 4 nitrogen and oxygen atoms in total. The van der Waals surface area contributed by atoms with Crippen LogP contribution in [0.2, 0.25) is 0 Å². The lowest BCUT2D eigenvalue weighted by molar-refractivity contribution is -0.114. The van der Waals surface area contributed by atoms with Crippen LogP contribution in [0.5, 0.6) is 0 Å². The zero-order valence-electron chi connectivity index (χ0n) is 24.5. The minimum Gasteiger partial charge on any atom is -0.478 e. The van der Waals surface area contributed by atoms with Crippen LogP contribution in [0, 0.1) is 17.3 Å². The van der Waals surface area contributed by atoms with Crippen LogP contribution in [-0.2, 0) is 4.79 Å². The molecule has 4 aliphatic carbocycles. The van der Waals surface area contributed by atoms with Gasteiger partial charge in [0.1, 0.15) is 0 Å². The average molecular weight is 581 g/mol. The monoisotopic (exact) mass is 580 g/mol. The molecule has 0 bridgehead atoms. The normalized spacial score (nSPS) is 30.8. The Morgan fingerprint density at radius 1 is 1.05 bits per heavy atom. The molecule has 6 rings (SSSR count). The Morgan fingerprint density at radius 3 is 2.60 bits per heavy atom. The molecule has 0 aromatic heterocycles. The van der Waals surface area contributed by atoms with Gasteiger partial charge in [-0.2, -0.15) is 0 Å². The quantitative estimate of drug-likeness (QED) is 0.322. The lowest BCUT2D eigenvalue weighted by Gasteiger charge is -2.55. The SMILES string of the molecule is CC=CSCC1(O)CCC2C3CCC4=CC(=O)CCC4=C3C(c3ccc(C=Cc4cccc(C(=O)O)c4)cc3)CC21C. The van der Waals surface area contributed by atoms with Crippen molar-refractivity contribution in [3.05, 3.63) is 105 Å². The van der Waals surface area contributed by atoms with Crippen LogP contribution in [0.25, 0.3) is 12.2 Å². The van der Waals surface area contributed by atoms with Crippen LogP contribution in [0.3, 0.4) is 0 Å². The summed E-state index contributed by atoms with van der Waals surface area (Å²) in [5.41, 5.74) is 6.81. The number of carbonyl (C=O) groups is 2. The van der Waals surface area contributed by atoms with Gasteiger partial charge in [-0.25, -0.2) is 4.79 Å². The molecule has 0 heterocycles. The summed E-state index contributed by atoms with van der Waals surface area (Å²) >= 11 is 1.73. The first-order chi connectivity index (χ1) is 20.2. The van der Waals surface area contributed by atoms with Gasteiger partial charge < -0.3 is 10.2 Å². The first kappa shape index (κ1) is 28.9. The lowest BCUT2D eigenvalue weighted by Crippen LogP contribution is -2.52. The van der Waals surface area contributed by atoms with E-state index in [9.17, 15) is 19.8 Å². The largest absolute Gasteiger partial charge is 0.478 e. The van der Waals surface area contributed by atoms with Crippen molar-refractivity contribution in [2.24, 2.45) is 17.3 Å². The van der Waals surface area contributed by atoms with E-state index in [1.165, 1.54) is 16.7 Å². The van der Waals surface area contributed by atoms with Gasteiger partial charge in [-0.3, -0.25) is 4.79 Å². The number of fused-ring (bicyclic) bond motifs is 4. The minimum absolute atomic E-state index is 0.180. The zero-order valence-corrected chi connectivity index (χ0v) is 25.3. The number of carboxylic acids is 1. The maximum atomic E-state index is 12.4. The number of carbonyl (C=O) groups excluding carboxylic acids is 1. The first-order valence-electron chi connectivity index (χ1n) is 15.3. The summed E-state index contributed by atoms with van der Waals surface area (Å²) in [5.74, 6) is 1.16. The maximum absolute atomic E-state index is 12.4. The second kappa shape index (κ2) is 11.5. The highest BCUT2D eigenvalue weighted by Gasteiger charge is 2.62. The van der Waals surface area contributed by atoms with Gasteiger partial charge in [0.25, 0.3) is 0 Å². The van der Waals surface area contributed by atoms with E-state index in [0.29, 0.717) is 18.3 Å². The van der Waals surface area contributed by atoms with Gasteiger partial charge in [0.15, 0.2) is 5.78 Å². The molecular formula is C37H40O4S. The molecule has 4 aliphatic rings. The van der Waals surface area contributed by atoms with Crippen molar-refractivity contribution >= 4 is 35.7 Å². The molecule has 5 heteroatoms. The lowest BCUT2D eigenvalue weighted by atomic mass is 9.51. The number of benzene rings is 2. The van der Waals surface area contributed by atoms with Gasteiger partial charge in [0.2, 0.25) is 0 Å². The molecule has 2 saturated carbocycles. The van der Waals surface area contributed by atoms with Crippen molar-refractivity contribution in [3.63, 3.8) is 0 Å². The molecule has 0 aliphatic heterocycles. The number of rotatable bonds is 7. The van der Waals surface area contributed by atoms with Gasteiger partial charge >= 0.3 is 5.97 Å². The number of aromatic carboxylic acids is 1. The molecule has 0 spiro atoms. The molecule has 5 unspecified atom stereocenters. The van der Waals surface area contributed by atoms with Crippen LogP contribution in [0.1, 0.15) is 91.8 Å². The Labute approximate surface area is 253 Å². The molecule has 0 saturated heterocycles. The minimum atomic E-state index is -0.927. The van der Waals surface area contributed by atoms with E-state index in [1.807, 2.05) is 37.3 Å². The zero-order chi connectivity index (χ0) is 29.5. The molecule has 42 heavy (non-hydrogen) atoms. The second-order valence-electron chi connectivity index (χ2n) is 12.8. The molecule has 2 fully saturated rings. The summed E-state index contributed by atoms with van der Waals surface area (Å²) in [4.78, 5) is 23.7. The summed E-state index contributed by atoms with van der Waals surface area (Å²) in [6.07, 6.45) is 14.2. The van der Waals surface area contributed by atoms with Crippen LogP contribution >= 0.6 is 11.8 Å². The number of thioether (sulfide) groups is 1. The van der Waals surface area contributed by atoms with Crippen LogP contribution < -0.4 is 0 Å². The van der Waals surface area contributed by atoms with Gasteiger partial charge in [-0.05, 0) is 109 Å². The highest BCUT2D eigenvalue weighted by atomic mass is 32.2. The molecule has 0 radical (unpaired) electrons. The fourth-order valence-corrected chi connectivity index (χ4v) is 9.42. The number of aliphatic hydroxyl groups is 1. The van der Waals surface area contributed by atoms with E-state index in [2.05, 4.69) is 36.6 Å². The number of ketones is 1. The Hall–Kier alpha value is -3.15. The van der Waals surface area contributed by atoms with Crippen molar-refractivity contribution in [2.75, 3.05) is 5.75 Å². The summed E-state index contributed by atoms with van der Waals surface area (Å²) in [7, 11) is 0. The fourth-order valence-electron chi connectivity index (χ4n) is 8.38. The topological polar surface area (TPSA) is 74.6 Å². The number of hydrogen-bond acceptors (Lipinski definition) is 4. The molecule has 0 amide bonds. The van der Waals surface area contributed by atoms with E-state index in [0.717, 1.165) is 55.4 Å². The van der Waals surface area contributed by atoms with Crippen molar-refractivity contribution in [1.82, 2.24) is 0 Å². The highest BCUT2D eigenvalue weighted by molar-refractivity contribution is 8.02. The van der Waals surface area contributed by atoms with Gasteiger partial charge in [0, 0.05) is 23.5 Å². The van der Waals surface area contributed by atoms with Gasteiger partial charge in [-0.15, -0.1) is 11.8 Å². The molecule has 2 N–H and O–H groups in total. The summed E-state index contributed by atoms with van der Waals surface area (Å²) in [5, 5.41) is 23.6. The van der Waals surface area contributed by atoms with E-state index < -0.39 is 11.6 Å². The Balaban J connectivity index is 1.36. The third-order valence-corrected chi connectivity index (χ3v) is 11.7. The smallest absolute Gasteiger partial charge is 0.335 e. The first-order valence-corrected chi connectivity index (χ1v) is 16.3. The molecule has 2 aromatic rings. The standard InChI is InChI=1S/C37H40O4S/c1-3-19-42-23-37(41)18-17-33-31-15-13-27-21-29(38)14-16-30(27)34(31)32(22-36(33,37)2)26-11-9-24(10-12-26)7-8-25-5-4-6-28(20-25)35(39)40/h3-12,19-21,31-33,41H,13-18,22-23H2,1-2H3,(H,39,40). The predicted molar refractivity (Wildman–Crippen MR) is 171 cm³/mol. The number of allylic oxidation sites excluding steroid dienone is 5. The van der Waals surface area contributed by atoms with E-state index in [-0.39, 0.29) is 22.7 Å². The Kier molecular flexibility index (Phi) is 7.93. The average Bonchev–Trinajstić information content (AvgIpc) is 3.25. The van der Waals surface area contributed by atoms with Gasteiger partial charge in [0.05, 0.1) is 11.2 Å². The van der Waals surface area contributed by atoms with E-state index in [4.69, 9.17) is 0 Å². The Bertz CT molecular complexity index is 1510. The van der Waals surface area contributed by atoms with Crippen LogP contribution in [0.15, 0.2) is 82.8 Å². The van der Waals surface area contributed by atoms with E-state index in [1.54, 1.807) is 35.5 Å². The predicted octanol–water partition coefficient (Wildman–Crippen LogP) is 8.45.